The highest BCUT2D eigenvalue weighted by molar-refractivity contribution is 5.54. The minimum absolute atomic E-state index is 0.291. The van der Waals surface area contributed by atoms with E-state index in [0.29, 0.717) is 23.5 Å². The van der Waals surface area contributed by atoms with E-state index in [1.807, 2.05) is 0 Å². The van der Waals surface area contributed by atoms with E-state index in [9.17, 15) is 8.78 Å². The van der Waals surface area contributed by atoms with Crippen molar-refractivity contribution >= 4 is 11.4 Å². The Bertz CT molecular complexity index is 555. The summed E-state index contributed by atoms with van der Waals surface area (Å²) < 4.78 is 27.2. The standard InChI is InChI=1S/C14H14F2N2/c1-18(9-10-4-2-3-5-12(10)15)14-7-6-11(17)8-13(14)16/h2-8H,9,17H2,1H3. The average Bonchev–Trinajstić information content (AvgIpc) is 2.32. The second kappa shape index (κ2) is 5.04. The molecule has 0 aliphatic carbocycles. The number of hydrogen-bond acceptors (Lipinski definition) is 2. The first kappa shape index (κ1) is 12.4. The molecular formula is C14H14F2N2. The quantitative estimate of drug-likeness (QED) is 0.845. The van der Waals surface area contributed by atoms with Gasteiger partial charge < -0.3 is 10.6 Å². The van der Waals surface area contributed by atoms with Crippen LogP contribution in [0.5, 0.6) is 0 Å². The predicted molar refractivity (Wildman–Crippen MR) is 69.3 cm³/mol. The van der Waals surface area contributed by atoms with Gasteiger partial charge in [-0.25, -0.2) is 8.78 Å². The number of nitrogen functional groups attached to an aromatic ring is 1. The molecular weight excluding hydrogens is 234 g/mol. The molecule has 0 aliphatic heterocycles. The SMILES string of the molecule is CN(Cc1ccccc1F)c1ccc(N)cc1F. The van der Waals surface area contributed by atoms with Crippen molar-refractivity contribution in [3.8, 4) is 0 Å². The Morgan fingerprint density at radius 1 is 1.06 bits per heavy atom. The van der Waals surface area contributed by atoms with Gasteiger partial charge in [-0.05, 0) is 24.3 Å². The molecule has 2 rings (SSSR count). The molecule has 2 N–H and O–H groups in total. The molecule has 0 aromatic heterocycles. The Hall–Kier alpha value is -2.10. The summed E-state index contributed by atoms with van der Waals surface area (Å²) in [7, 11) is 1.71. The molecule has 0 saturated heterocycles. The van der Waals surface area contributed by atoms with Crippen molar-refractivity contribution < 1.29 is 8.78 Å². The predicted octanol–water partition coefficient (Wildman–Crippen LogP) is 3.18. The Morgan fingerprint density at radius 3 is 2.44 bits per heavy atom. The maximum atomic E-state index is 13.7. The van der Waals surface area contributed by atoms with Gasteiger partial charge in [0.05, 0.1) is 5.69 Å². The lowest BCUT2D eigenvalue weighted by atomic mass is 10.2. The first-order valence-electron chi connectivity index (χ1n) is 5.57. The minimum Gasteiger partial charge on any atom is -0.399 e. The molecule has 0 aliphatic rings. The van der Waals surface area contributed by atoms with Gasteiger partial charge in [-0.15, -0.1) is 0 Å². The molecule has 0 saturated carbocycles. The Balaban J connectivity index is 2.22. The van der Waals surface area contributed by atoms with Gasteiger partial charge in [0.1, 0.15) is 11.6 Å². The molecule has 0 unspecified atom stereocenters. The van der Waals surface area contributed by atoms with Crippen LogP contribution < -0.4 is 10.6 Å². The molecule has 94 valence electrons. The molecule has 4 heteroatoms. The number of nitrogens with zero attached hydrogens (tertiary/aromatic N) is 1. The number of halogens is 2. The van der Waals surface area contributed by atoms with Gasteiger partial charge in [-0.2, -0.15) is 0 Å². The highest BCUT2D eigenvalue weighted by Crippen LogP contribution is 2.22. The third kappa shape index (κ3) is 2.59. The third-order valence-electron chi connectivity index (χ3n) is 2.75. The van der Waals surface area contributed by atoms with Crippen LogP contribution >= 0.6 is 0 Å². The van der Waals surface area contributed by atoms with E-state index in [-0.39, 0.29) is 5.82 Å². The van der Waals surface area contributed by atoms with Gasteiger partial charge >= 0.3 is 0 Å². The van der Waals surface area contributed by atoms with Crippen LogP contribution in [0.25, 0.3) is 0 Å². The van der Waals surface area contributed by atoms with Crippen LogP contribution in [-0.4, -0.2) is 7.05 Å². The second-order valence-electron chi connectivity index (χ2n) is 4.16. The van der Waals surface area contributed by atoms with Gasteiger partial charge in [0.15, 0.2) is 0 Å². The molecule has 18 heavy (non-hydrogen) atoms. The molecule has 0 heterocycles. The minimum atomic E-state index is -0.408. The summed E-state index contributed by atoms with van der Waals surface area (Å²) in [4.78, 5) is 1.65. The monoisotopic (exact) mass is 248 g/mol. The largest absolute Gasteiger partial charge is 0.399 e. The van der Waals surface area contributed by atoms with E-state index in [1.54, 1.807) is 42.3 Å². The Kier molecular flexibility index (Phi) is 3.46. The van der Waals surface area contributed by atoms with Crippen molar-refractivity contribution in [2.45, 2.75) is 6.54 Å². The zero-order valence-electron chi connectivity index (χ0n) is 10.0. The Labute approximate surface area is 105 Å². The topological polar surface area (TPSA) is 29.3 Å². The lowest BCUT2D eigenvalue weighted by Gasteiger charge is -2.20. The summed E-state index contributed by atoms with van der Waals surface area (Å²) in [6, 6.07) is 10.9. The molecule has 0 fully saturated rings. The summed E-state index contributed by atoms with van der Waals surface area (Å²) in [5.74, 6) is -0.700. The van der Waals surface area contributed by atoms with Gasteiger partial charge in [0.25, 0.3) is 0 Å². The summed E-state index contributed by atoms with van der Waals surface area (Å²) in [6.45, 7) is 0.299. The van der Waals surface area contributed by atoms with Crippen LogP contribution in [0, 0.1) is 11.6 Å². The molecule has 0 amide bonds. The van der Waals surface area contributed by atoms with Crippen molar-refractivity contribution in [3.05, 3.63) is 59.7 Å². The summed E-state index contributed by atoms with van der Waals surface area (Å²) in [6.07, 6.45) is 0. The molecule has 0 spiro atoms. The van der Waals surface area contributed by atoms with Crippen molar-refractivity contribution in [3.63, 3.8) is 0 Å². The fourth-order valence-electron chi connectivity index (χ4n) is 1.80. The van der Waals surface area contributed by atoms with E-state index in [2.05, 4.69) is 0 Å². The number of nitrogens with two attached hydrogens (primary N) is 1. The van der Waals surface area contributed by atoms with E-state index in [0.717, 1.165) is 0 Å². The van der Waals surface area contributed by atoms with Crippen molar-refractivity contribution in [2.75, 3.05) is 17.7 Å². The van der Waals surface area contributed by atoms with Crippen molar-refractivity contribution in [2.24, 2.45) is 0 Å². The smallest absolute Gasteiger partial charge is 0.148 e. The van der Waals surface area contributed by atoms with Gasteiger partial charge in [-0.3, -0.25) is 0 Å². The zero-order chi connectivity index (χ0) is 13.1. The van der Waals surface area contributed by atoms with E-state index in [1.165, 1.54) is 12.1 Å². The highest BCUT2D eigenvalue weighted by Gasteiger charge is 2.10. The van der Waals surface area contributed by atoms with Crippen LogP contribution in [0.4, 0.5) is 20.2 Å². The van der Waals surface area contributed by atoms with Gasteiger partial charge in [-0.1, -0.05) is 18.2 Å². The van der Waals surface area contributed by atoms with Crippen molar-refractivity contribution in [1.29, 1.82) is 0 Å². The summed E-state index contributed by atoms with van der Waals surface area (Å²) in [5, 5.41) is 0. The molecule has 2 aromatic rings. The van der Waals surface area contributed by atoms with Gasteiger partial charge in [0, 0.05) is 24.8 Å². The van der Waals surface area contributed by atoms with E-state index >= 15 is 0 Å². The fourth-order valence-corrected chi connectivity index (χ4v) is 1.80. The van der Waals surface area contributed by atoms with E-state index < -0.39 is 5.82 Å². The van der Waals surface area contributed by atoms with Gasteiger partial charge in [0.2, 0.25) is 0 Å². The van der Waals surface area contributed by atoms with Crippen LogP contribution in [-0.2, 0) is 6.54 Å². The van der Waals surface area contributed by atoms with Crippen LogP contribution in [0.15, 0.2) is 42.5 Å². The highest BCUT2D eigenvalue weighted by atomic mass is 19.1. The third-order valence-corrected chi connectivity index (χ3v) is 2.75. The molecule has 2 nitrogen and oxygen atoms in total. The Morgan fingerprint density at radius 2 is 1.78 bits per heavy atom. The fraction of sp³-hybridized carbons (Fsp3) is 0.143. The number of benzene rings is 2. The molecule has 2 aromatic carbocycles. The van der Waals surface area contributed by atoms with Crippen LogP contribution in [0.2, 0.25) is 0 Å². The summed E-state index contributed by atoms with van der Waals surface area (Å²) in [5.41, 5.74) is 6.78. The molecule has 0 bridgehead atoms. The second-order valence-corrected chi connectivity index (χ2v) is 4.16. The van der Waals surface area contributed by atoms with Crippen molar-refractivity contribution in [1.82, 2.24) is 0 Å². The number of hydrogen-bond donors (Lipinski definition) is 1. The number of rotatable bonds is 3. The maximum Gasteiger partial charge on any atom is 0.148 e. The average molecular weight is 248 g/mol. The first-order valence-corrected chi connectivity index (χ1v) is 5.57. The van der Waals surface area contributed by atoms with Crippen LogP contribution in [0.3, 0.4) is 0 Å². The van der Waals surface area contributed by atoms with Crippen LogP contribution in [0.1, 0.15) is 5.56 Å². The summed E-state index contributed by atoms with van der Waals surface area (Å²) >= 11 is 0. The maximum absolute atomic E-state index is 13.7. The zero-order valence-corrected chi connectivity index (χ0v) is 10.0. The first-order chi connectivity index (χ1) is 8.58. The lowest BCUT2D eigenvalue weighted by Crippen LogP contribution is -2.18. The normalized spacial score (nSPS) is 10.4. The lowest BCUT2D eigenvalue weighted by molar-refractivity contribution is 0.601. The molecule has 0 radical (unpaired) electrons. The number of anilines is 2. The van der Waals surface area contributed by atoms with E-state index in [4.69, 9.17) is 5.73 Å². The molecule has 0 atom stereocenters.